The molecule has 1 aliphatic heterocycles. The Kier molecular flexibility index (Phi) is 6.55. The van der Waals surface area contributed by atoms with Crippen molar-refractivity contribution in [1.82, 2.24) is 10.2 Å². The van der Waals surface area contributed by atoms with E-state index >= 15 is 0 Å². The molecule has 0 saturated carbocycles. The maximum Gasteiger partial charge on any atom is 0.00680 e. The van der Waals surface area contributed by atoms with Crippen LogP contribution in [0.4, 0.5) is 0 Å². The highest BCUT2D eigenvalue weighted by molar-refractivity contribution is 5.14. The fourth-order valence-electron chi connectivity index (χ4n) is 3.25. The van der Waals surface area contributed by atoms with E-state index < -0.39 is 0 Å². The number of likely N-dealkylation sites (tertiary alicyclic amines) is 1. The van der Waals surface area contributed by atoms with Crippen molar-refractivity contribution in [2.75, 3.05) is 26.2 Å². The van der Waals surface area contributed by atoms with Gasteiger partial charge in [-0.15, -0.1) is 0 Å². The molecule has 0 spiro atoms. The molecule has 1 aromatic rings. The number of nitrogens with zero attached hydrogens (tertiary/aromatic N) is 1. The Morgan fingerprint density at radius 1 is 1.20 bits per heavy atom. The van der Waals surface area contributed by atoms with Crippen LogP contribution in [-0.4, -0.2) is 37.1 Å². The van der Waals surface area contributed by atoms with Gasteiger partial charge in [-0.05, 0) is 70.3 Å². The number of nitrogens with one attached hydrogen (secondary N) is 1. The van der Waals surface area contributed by atoms with Crippen LogP contribution in [0.3, 0.4) is 0 Å². The van der Waals surface area contributed by atoms with Crippen molar-refractivity contribution in [2.45, 2.75) is 45.6 Å². The molecule has 112 valence electrons. The molecule has 1 aromatic carbocycles. The quantitative estimate of drug-likeness (QED) is 0.820. The lowest BCUT2D eigenvalue weighted by molar-refractivity contribution is 0.163. The van der Waals surface area contributed by atoms with E-state index in [1.54, 1.807) is 0 Å². The molecule has 1 saturated heterocycles. The summed E-state index contributed by atoms with van der Waals surface area (Å²) in [5.74, 6) is 0.860. The van der Waals surface area contributed by atoms with Crippen LogP contribution in [0.1, 0.15) is 38.7 Å². The number of hydrogen-bond donors (Lipinski definition) is 1. The average Bonchev–Trinajstić information content (AvgIpc) is 2.49. The Hall–Kier alpha value is -0.860. The predicted octanol–water partition coefficient (Wildman–Crippen LogP) is 3.33. The van der Waals surface area contributed by atoms with E-state index in [0.717, 1.165) is 18.9 Å². The van der Waals surface area contributed by atoms with Crippen LogP contribution in [0.2, 0.25) is 0 Å². The van der Waals surface area contributed by atoms with Crippen molar-refractivity contribution in [3.8, 4) is 0 Å². The van der Waals surface area contributed by atoms with Gasteiger partial charge in [0, 0.05) is 6.04 Å². The number of hydrogen-bond acceptors (Lipinski definition) is 2. The summed E-state index contributed by atoms with van der Waals surface area (Å²) in [6.45, 7) is 9.61. The van der Waals surface area contributed by atoms with Crippen LogP contribution in [0, 0.1) is 5.92 Å². The first-order valence-electron chi connectivity index (χ1n) is 8.29. The van der Waals surface area contributed by atoms with Gasteiger partial charge in [-0.25, -0.2) is 0 Å². The highest BCUT2D eigenvalue weighted by Gasteiger charge is 2.22. The normalized spacial score (nSPS) is 19.1. The minimum Gasteiger partial charge on any atom is -0.314 e. The molecule has 1 N–H and O–H groups in total. The lowest BCUT2D eigenvalue weighted by Crippen LogP contribution is -2.42. The van der Waals surface area contributed by atoms with Gasteiger partial charge in [0.15, 0.2) is 0 Å². The molecule has 2 nitrogen and oxygen atoms in total. The van der Waals surface area contributed by atoms with E-state index in [0.29, 0.717) is 6.04 Å². The standard InChI is InChI=1S/C18H30N2/c1-3-13-20-14-10-18(11-15-20)16(2)19-12-9-17-7-5-4-6-8-17/h4-8,16,18-19H,3,9-15H2,1-2H3. The van der Waals surface area contributed by atoms with Crippen molar-refractivity contribution in [2.24, 2.45) is 5.92 Å². The molecule has 20 heavy (non-hydrogen) atoms. The third-order valence-corrected chi connectivity index (χ3v) is 4.60. The van der Waals surface area contributed by atoms with Crippen LogP contribution in [0.25, 0.3) is 0 Å². The van der Waals surface area contributed by atoms with E-state index in [-0.39, 0.29) is 0 Å². The Labute approximate surface area is 124 Å². The molecule has 2 rings (SSSR count). The van der Waals surface area contributed by atoms with Gasteiger partial charge in [-0.2, -0.15) is 0 Å². The lowest BCUT2D eigenvalue weighted by Gasteiger charge is -2.35. The molecule has 2 heteroatoms. The van der Waals surface area contributed by atoms with E-state index in [4.69, 9.17) is 0 Å². The van der Waals surface area contributed by atoms with E-state index in [9.17, 15) is 0 Å². The fourth-order valence-corrected chi connectivity index (χ4v) is 3.25. The van der Waals surface area contributed by atoms with Gasteiger partial charge in [0.05, 0.1) is 0 Å². The smallest absolute Gasteiger partial charge is 0.00680 e. The second kappa shape index (κ2) is 8.43. The molecule has 0 bridgehead atoms. The molecule has 0 amide bonds. The molecule has 1 aliphatic rings. The SMILES string of the molecule is CCCN1CCC(C(C)NCCc2ccccc2)CC1. The zero-order valence-corrected chi connectivity index (χ0v) is 13.1. The van der Waals surface area contributed by atoms with E-state index in [2.05, 4.69) is 54.4 Å². The number of benzene rings is 1. The summed E-state index contributed by atoms with van der Waals surface area (Å²) in [6, 6.07) is 11.4. The average molecular weight is 274 g/mol. The summed E-state index contributed by atoms with van der Waals surface area (Å²) < 4.78 is 0. The highest BCUT2D eigenvalue weighted by atomic mass is 15.1. The zero-order valence-electron chi connectivity index (χ0n) is 13.1. The lowest BCUT2D eigenvalue weighted by atomic mass is 9.90. The maximum absolute atomic E-state index is 3.73. The summed E-state index contributed by atoms with van der Waals surface area (Å²) in [5.41, 5.74) is 1.44. The first-order chi connectivity index (χ1) is 9.79. The van der Waals surface area contributed by atoms with E-state index in [1.807, 2.05) is 0 Å². The monoisotopic (exact) mass is 274 g/mol. The number of piperidine rings is 1. The van der Waals surface area contributed by atoms with Gasteiger partial charge in [0.1, 0.15) is 0 Å². The molecule has 1 unspecified atom stereocenters. The fraction of sp³-hybridized carbons (Fsp3) is 0.667. The third kappa shape index (κ3) is 4.92. The van der Waals surface area contributed by atoms with Gasteiger partial charge < -0.3 is 10.2 Å². The summed E-state index contributed by atoms with van der Waals surface area (Å²) in [6.07, 6.45) is 5.15. The first-order valence-corrected chi connectivity index (χ1v) is 8.29. The highest BCUT2D eigenvalue weighted by Crippen LogP contribution is 2.20. The summed E-state index contributed by atoms with van der Waals surface area (Å²) in [4.78, 5) is 2.62. The van der Waals surface area contributed by atoms with Gasteiger partial charge in [-0.3, -0.25) is 0 Å². The molecular weight excluding hydrogens is 244 g/mol. The molecule has 1 heterocycles. The Balaban J connectivity index is 1.64. The summed E-state index contributed by atoms with van der Waals surface area (Å²) >= 11 is 0. The largest absolute Gasteiger partial charge is 0.314 e. The molecule has 1 atom stereocenters. The minimum absolute atomic E-state index is 0.655. The Morgan fingerprint density at radius 3 is 2.55 bits per heavy atom. The van der Waals surface area contributed by atoms with E-state index in [1.165, 1.54) is 44.5 Å². The maximum atomic E-state index is 3.73. The molecule has 0 aliphatic carbocycles. The van der Waals surface area contributed by atoms with Crippen molar-refractivity contribution in [1.29, 1.82) is 0 Å². The number of rotatable bonds is 7. The van der Waals surface area contributed by atoms with Crippen molar-refractivity contribution in [3.05, 3.63) is 35.9 Å². The van der Waals surface area contributed by atoms with Gasteiger partial charge in [-0.1, -0.05) is 37.3 Å². The van der Waals surface area contributed by atoms with Crippen molar-refractivity contribution < 1.29 is 0 Å². The zero-order chi connectivity index (χ0) is 14.2. The van der Waals surface area contributed by atoms with Gasteiger partial charge in [0.2, 0.25) is 0 Å². The van der Waals surface area contributed by atoms with Gasteiger partial charge in [0.25, 0.3) is 0 Å². The Morgan fingerprint density at radius 2 is 1.90 bits per heavy atom. The van der Waals surface area contributed by atoms with Crippen LogP contribution >= 0.6 is 0 Å². The van der Waals surface area contributed by atoms with Gasteiger partial charge >= 0.3 is 0 Å². The molecule has 0 radical (unpaired) electrons. The Bertz CT molecular complexity index is 355. The first kappa shape index (κ1) is 15.5. The molecule has 0 aromatic heterocycles. The second-order valence-corrected chi connectivity index (χ2v) is 6.16. The van der Waals surface area contributed by atoms with Crippen LogP contribution < -0.4 is 5.32 Å². The van der Waals surface area contributed by atoms with Crippen molar-refractivity contribution in [3.63, 3.8) is 0 Å². The second-order valence-electron chi connectivity index (χ2n) is 6.16. The van der Waals surface area contributed by atoms with Crippen LogP contribution in [-0.2, 0) is 6.42 Å². The van der Waals surface area contributed by atoms with Crippen molar-refractivity contribution >= 4 is 0 Å². The summed E-state index contributed by atoms with van der Waals surface area (Å²) in [7, 11) is 0. The topological polar surface area (TPSA) is 15.3 Å². The third-order valence-electron chi connectivity index (χ3n) is 4.60. The summed E-state index contributed by atoms with van der Waals surface area (Å²) in [5, 5.41) is 3.73. The molecule has 1 fully saturated rings. The van der Waals surface area contributed by atoms with Crippen LogP contribution in [0.5, 0.6) is 0 Å². The predicted molar refractivity (Wildman–Crippen MR) is 87.1 cm³/mol. The van der Waals surface area contributed by atoms with Crippen LogP contribution in [0.15, 0.2) is 30.3 Å². The minimum atomic E-state index is 0.655. The molecular formula is C18H30N2.